The van der Waals surface area contributed by atoms with Crippen LogP contribution in [-0.4, -0.2) is 88.9 Å². The summed E-state index contributed by atoms with van der Waals surface area (Å²) in [5.74, 6) is -7.33. The third kappa shape index (κ3) is 3.11. The number of likely N-dealkylation sites (N-methyl/N-ethyl adjacent to an activating group) is 1. The molecule has 0 saturated heterocycles. The van der Waals surface area contributed by atoms with Crippen molar-refractivity contribution in [2.45, 2.75) is 24.5 Å². The van der Waals surface area contributed by atoms with Crippen molar-refractivity contribution in [2.75, 3.05) is 33.1 Å². The number of rotatable bonds is 4. The van der Waals surface area contributed by atoms with Crippen molar-refractivity contribution in [3.8, 4) is 5.75 Å². The molecule has 3 aliphatic rings. The highest BCUT2D eigenvalue weighted by Crippen LogP contribution is 2.53. The van der Waals surface area contributed by atoms with Gasteiger partial charge in [0.15, 0.2) is 17.7 Å². The Hall–Kier alpha value is -3.70. The maximum Gasteiger partial charge on any atom is 0.255 e. The summed E-state index contributed by atoms with van der Waals surface area (Å²) in [5.41, 5.74) is 2.28. The van der Waals surface area contributed by atoms with Crippen LogP contribution in [0.2, 0.25) is 0 Å². The topological polar surface area (TPSA) is 182 Å². The van der Waals surface area contributed by atoms with Crippen molar-refractivity contribution in [2.24, 2.45) is 17.6 Å². The lowest BCUT2D eigenvalue weighted by molar-refractivity contribution is -0.153. The van der Waals surface area contributed by atoms with Crippen LogP contribution in [-0.2, 0) is 20.8 Å². The molecule has 0 bridgehead atoms. The number of amides is 1. The lowest BCUT2D eigenvalue weighted by atomic mass is 9.57. The molecule has 11 nitrogen and oxygen atoms in total. The average molecular weight is 485 g/mol. The fourth-order valence-corrected chi connectivity index (χ4v) is 5.80. The highest BCUT2D eigenvalue weighted by Gasteiger charge is 2.64. The summed E-state index contributed by atoms with van der Waals surface area (Å²) in [5, 5.41) is 44.3. The van der Waals surface area contributed by atoms with Gasteiger partial charge in [-0.3, -0.25) is 24.1 Å². The number of hydrogen-bond acceptors (Lipinski definition) is 10. The van der Waals surface area contributed by atoms with E-state index in [0.717, 1.165) is 0 Å². The average Bonchev–Trinajstić information content (AvgIpc) is 2.75. The first kappa shape index (κ1) is 24.4. The van der Waals surface area contributed by atoms with Crippen LogP contribution in [0.3, 0.4) is 0 Å². The molecule has 11 heteroatoms. The van der Waals surface area contributed by atoms with E-state index < -0.39 is 63.8 Å². The van der Waals surface area contributed by atoms with Crippen molar-refractivity contribution in [3.05, 3.63) is 39.7 Å². The lowest BCUT2D eigenvalue weighted by Crippen LogP contribution is -2.65. The molecule has 1 amide bonds. The molecule has 0 heterocycles. The minimum absolute atomic E-state index is 0.00513. The SMILES string of the molecule is CN(C)c1cc(C=O)c(O)c2c1CC1CC3C(N(C)C)C(=O)C(C(N)=O)=C(O)C3(O)C(=O)C1=C2O. The number of aliphatic hydroxyl groups excluding tert-OH is 2. The summed E-state index contributed by atoms with van der Waals surface area (Å²) in [6.45, 7) is 0. The van der Waals surface area contributed by atoms with E-state index in [1.54, 1.807) is 19.0 Å². The van der Waals surface area contributed by atoms with Crippen LogP contribution in [0.25, 0.3) is 5.76 Å². The third-order valence-corrected chi connectivity index (χ3v) is 7.34. The first-order valence-electron chi connectivity index (χ1n) is 10.9. The Morgan fingerprint density at radius 3 is 2.31 bits per heavy atom. The molecule has 1 saturated carbocycles. The second-order valence-corrected chi connectivity index (χ2v) is 9.66. The van der Waals surface area contributed by atoms with Crippen molar-refractivity contribution >= 4 is 35.2 Å². The summed E-state index contributed by atoms with van der Waals surface area (Å²) < 4.78 is 0. The number of nitrogens with zero attached hydrogens (tertiary/aromatic N) is 2. The summed E-state index contributed by atoms with van der Waals surface area (Å²) in [6.07, 6.45) is 0.560. The quantitative estimate of drug-likeness (QED) is 0.284. The lowest BCUT2D eigenvalue weighted by Gasteiger charge is -2.50. The number of aromatic hydroxyl groups is 1. The Kier molecular flexibility index (Phi) is 5.53. The number of aldehydes is 1. The number of hydrogen-bond donors (Lipinski definition) is 5. The first-order valence-corrected chi connectivity index (χ1v) is 10.9. The Morgan fingerprint density at radius 2 is 1.80 bits per heavy atom. The van der Waals surface area contributed by atoms with Gasteiger partial charge in [0.1, 0.15) is 22.8 Å². The van der Waals surface area contributed by atoms with E-state index in [9.17, 15) is 39.6 Å². The first-order chi connectivity index (χ1) is 16.3. The monoisotopic (exact) mass is 485 g/mol. The van der Waals surface area contributed by atoms with Gasteiger partial charge in [0.05, 0.1) is 17.2 Å². The number of nitrogens with two attached hydrogens (primary N) is 1. The van der Waals surface area contributed by atoms with Crippen LogP contribution in [0.1, 0.15) is 27.9 Å². The maximum atomic E-state index is 13.8. The van der Waals surface area contributed by atoms with Gasteiger partial charge in [-0.15, -0.1) is 0 Å². The molecule has 1 aromatic rings. The molecule has 186 valence electrons. The summed E-state index contributed by atoms with van der Waals surface area (Å²) in [6, 6.07) is 0.326. The van der Waals surface area contributed by atoms with Crippen LogP contribution >= 0.6 is 0 Å². The Labute approximate surface area is 200 Å². The van der Waals surface area contributed by atoms with Gasteiger partial charge in [-0.1, -0.05) is 0 Å². The molecule has 0 aliphatic heterocycles. The van der Waals surface area contributed by atoms with Crippen molar-refractivity contribution in [1.82, 2.24) is 4.90 Å². The van der Waals surface area contributed by atoms with Gasteiger partial charge in [0.2, 0.25) is 5.78 Å². The molecule has 0 radical (unpaired) electrons. The minimum atomic E-state index is -2.70. The summed E-state index contributed by atoms with van der Waals surface area (Å²) in [4.78, 5) is 53.6. The normalized spacial score (nSPS) is 28.0. The van der Waals surface area contributed by atoms with Gasteiger partial charge in [0.25, 0.3) is 5.91 Å². The van der Waals surface area contributed by atoms with Gasteiger partial charge in [0, 0.05) is 31.3 Å². The molecule has 1 fully saturated rings. The zero-order chi connectivity index (χ0) is 26.1. The zero-order valence-corrected chi connectivity index (χ0v) is 19.7. The number of aliphatic hydroxyl groups is 3. The van der Waals surface area contributed by atoms with Gasteiger partial charge in [-0.25, -0.2) is 0 Å². The number of anilines is 1. The number of primary amides is 1. The van der Waals surface area contributed by atoms with Gasteiger partial charge < -0.3 is 31.1 Å². The zero-order valence-electron chi connectivity index (χ0n) is 19.7. The molecular formula is C24H27N3O8. The number of benzene rings is 1. The fraction of sp³-hybridized carbons (Fsp3) is 0.417. The molecule has 4 rings (SSSR count). The van der Waals surface area contributed by atoms with E-state index >= 15 is 0 Å². The van der Waals surface area contributed by atoms with Gasteiger partial charge in [-0.2, -0.15) is 0 Å². The predicted octanol–water partition coefficient (Wildman–Crippen LogP) is -0.157. The van der Waals surface area contributed by atoms with Gasteiger partial charge in [-0.05, 0) is 44.5 Å². The highest BCUT2D eigenvalue weighted by atomic mass is 16.3. The van der Waals surface area contributed by atoms with Crippen LogP contribution in [0.15, 0.2) is 23.0 Å². The van der Waals surface area contributed by atoms with Crippen molar-refractivity contribution in [1.29, 1.82) is 0 Å². The Balaban J connectivity index is 2.02. The molecule has 1 aromatic carbocycles. The molecular weight excluding hydrogens is 458 g/mol. The summed E-state index contributed by atoms with van der Waals surface area (Å²) in [7, 11) is 6.52. The van der Waals surface area contributed by atoms with E-state index in [1.807, 2.05) is 0 Å². The number of Topliss-reactive ketones (excluding diaryl/α,β-unsaturated/α-hetero) is 2. The molecule has 35 heavy (non-hydrogen) atoms. The smallest absolute Gasteiger partial charge is 0.255 e. The third-order valence-electron chi connectivity index (χ3n) is 7.34. The van der Waals surface area contributed by atoms with E-state index in [-0.39, 0.29) is 29.5 Å². The number of phenols is 1. The molecule has 3 aliphatic carbocycles. The van der Waals surface area contributed by atoms with E-state index in [1.165, 1.54) is 25.1 Å². The van der Waals surface area contributed by atoms with E-state index in [0.29, 0.717) is 17.5 Å². The Bertz CT molecular complexity index is 1260. The van der Waals surface area contributed by atoms with Gasteiger partial charge >= 0.3 is 0 Å². The standard InChI is InChI=1S/C24H27N3O8/c1-26(2)13-7-10(8-28)18(29)15-11(13)5-9-6-12-17(27(3)4)20(31)16(23(25)34)22(33)24(12,35)21(32)14(9)19(15)30/h7-9,12,17,29-30,33,35H,5-6H2,1-4H3,(H2,25,34). The second-order valence-electron chi connectivity index (χ2n) is 9.66. The van der Waals surface area contributed by atoms with Crippen LogP contribution in [0.5, 0.6) is 5.75 Å². The second kappa shape index (κ2) is 7.92. The number of phenolic OH excluding ortho intramolecular Hbond substituents is 1. The minimum Gasteiger partial charge on any atom is -0.508 e. The van der Waals surface area contributed by atoms with Crippen molar-refractivity contribution in [3.63, 3.8) is 0 Å². The molecule has 4 atom stereocenters. The van der Waals surface area contributed by atoms with E-state index in [4.69, 9.17) is 5.73 Å². The number of carbonyl (C=O) groups is 4. The molecule has 6 N–H and O–H groups in total. The highest BCUT2D eigenvalue weighted by molar-refractivity contribution is 6.24. The molecule has 4 unspecified atom stereocenters. The largest absolute Gasteiger partial charge is 0.508 e. The van der Waals surface area contributed by atoms with Crippen LogP contribution in [0, 0.1) is 11.8 Å². The van der Waals surface area contributed by atoms with Crippen LogP contribution in [0.4, 0.5) is 5.69 Å². The fourth-order valence-electron chi connectivity index (χ4n) is 5.80. The molecule has 0 spiro atoms. The van der Waals surface area contributed by atoms with Crippen molar-refractivity contribution < 1.29 is 39.6 Å². The number of fused-ring (bicyclic) bond motifs is 3. The number of carbonyl (C=O) groups excluding carboxylic acids is 4. The number of ketones is 2. The predicted molar refractivity (Wildman–Crippen MR) is 124 cm³/mol. The molecule has 0 aromatic heterocycles. The van der Waals surface area contributed by atoms with E-state index in [2.05, 4.69) is 0 Å². The summed E-state index contributed by atoms with van der Waals surface area (Å²) >= 11 is 0. The van der Waals surface area contributed by atoms with Crippen LogP contribution < -0.4 is 10.6 Å². The Morgan fingerprint density at radius 1 is 1.17 bits per heavy atom. The maximum absolute atomic E-state index is 13.8.